The Morgan fingerprint density at radius 2 is 1.74 bits per heavy atom. The topological polar surface area (TPSA) is 149 Å². The number of nitrogen functional groups attached to an aromatic ring is 1. The number of hydrogen-bond donors (Lipinski definition) is 4. The van der Waals surface area contributed by atoms with Crippen LogP contribution >= 0.6 is 58.0 Å². The van der Waals surface area contributed by atoms with Gasteiger partial charge in [-0.3, -0.25) is 14.3 Å². The van der Waals surface area contributed by atoms with Crippen LogP contribution in [0, 0.1) is 0 Å². The number of aromatic nitrogens is 4. The number of ether oxygens (including phenoxy) is 2. The molecule has 0 radical (unpaired) electrons. The van der Waals surface area contributed by atoms with Gasteiger partial charge in [-0.1, -0.05) is 58.0 Å². The largest absolute Gasteiger partial charge is 0.422 e. The molecule has 2 aromatic heterocycles. The average Bonchev–Trinajstić information content (AvgIpc) is 3.27. The fraction of sp³-hybridized carbons (Fsp3) is 0.312. The zero-order valence-corrected chi connectivity index (χ0v) is 18.9. The molecule has 166 valence electrons. The van der Waals surface area contributed by atoms with E-state index in [9.17, 15) is 15.0 Å². The number of aromatic amines is 1. The van der Waals surface area contributed by atoms with Crippen molar-refractivity contribution in [1.29, 1.82) is 0 Å². The van der Waals surface area contributed by atoms with Gasteiger partial charge >= 0.3 is 6.01 Å². The summed E-state index contributed by atoms with van der Waals surface area (Å²) in [6.07, 6.45) is -2.76. The lowest BCUT2D eigenvalue weighted by atomic mass is 10.2. The molecular formula is C16H12Cl5N5O5. The number of nitrogens with two attached hydrogens (primary N) is 1. The zero-order chi connectivity index (χ0) is 22.6. The highest BCUT2D eigenvalue weighted by molar-refractivity contribution is 6.55. The Kier molecular flexibility index (Phi) is 6.18. The molecule has 1 aliphatic rings. The number of fused-ring (bicyclic) bond motifs is 1. The fourth-order valence-electron chi connectivity index (χ4n) is 3.12. The zero-order valence-electron chi connectivity index (χ0n) is 15.1. The molecule has 0 bridgehead atoms. The highest BCUT2D eigenvalue weighted by Gasteiger charge is 2.38. The van der Waals surface area contributed by atoms with E-state index in [4.69, 9.17) is 73.2 Å². The van der Waals surface area contributed by atoms with Crippen molar-refractivity contribution >= 4 is 75.1 Å². The van der Waals surface area contributed by atoms with Crippen molar-refractivity contribution in [2.75, 3.05) is 12.3 Å². The molecule has 1 saturated heterocycles. The summed E-state index contributed by atoms with van der Waals surface area (Å²) in [5.41, 5.74) is 4.90. The van der Waals surface area contributed by atoms with E-state index in [0.717, 1.165) is 0 Å². The number of imidazole rings is 1. The van der Waals surface area contributed by atoms with Gasteiger partial charge in [0.2, 0.25) is 5.95 Å². The fourth-order valence-corrected chi connectivity index (χ4v) is 4.31. The summed E-state index contributed by atoms with van der Waals surface area (Å²) in [7, 11) is 0. The quantitative estimate of drug-likeness (QED) is 0.296. The first-order valence-electron chi connectivity index (χ1n) is 8.55. The third-order valence-electron chi connectivity index (χ3n) is 4.57. The first-order valence-corrected chi connectivity index (χ1v) is 10.4. The lowest BCUT2D eigenvalue weighted by molar-refractivity contribution is -0.0447. The van der Waals surface area contributed by atoms with Gasteiger partial charge in [0.1, 0.15) is 22.4 Å². The molecule has 0 spiro atoms. The number of nitrogens with zero attached hydrogens (tertiary/aromatic N) is 3. The predicted molar refractivity (Wildman–Crippen MR) is 116 cm³/mol. The van der Waals surface area contributed by atoms with E-state index < -0.39 is 30.6 Å². The summed E-state index contributed by atoms with van der Waals surface area (Å²) in [6.45, 7) is -0.434. The normalized spacial score (nSPS) is 21.2. The van der Waals surface area contributed by atoms with Gasteiger partial charge in [-0.15, -0.1) is 0 Å². The molecule has 1 aromatic carbocycles. The Balaban J connectivity index is 1.92. The monoisotopic (exact) mass is 529 g/mol. The second-order valence-corrected chi connectivity index (χ2v) is 8.39. The van der Waals surface area contributed by atoms with Gasteiger partial charge in [0.05, 0.1) is 27.8 Å². The Labute approximate surface area is 198 Å². The number of aliphatic hydroxyl groups excluding tert-OH is 2. The second-order valence-electron chi connectivity index (χ2n) is 6.50. The highest BCUT2D eigenvalue weighted by Crippen LogP contribution is 2.49. The molecule has 3 heterocycles. The summed E-state index contributed by atoms with van der Waals surface area (Å²) >= 11 is 30.6. The minimum atomic E-state index is -0.994. The maximum atomic E-state index is 12.4. The Hall–Kier alpha value is -1.50. The van der Waals surface area contributed by atoms with Crippen LogP contribution in [0.1, 0.15) is 12.6 Å². The van der Waals surface area contributed by atoms with Crippen LogP contribution in [0.2, 0.25) is 25.1 Å². The summed E-state index contributed by atoms with van der Waals surface area (Å²) < 4.78 is 12.7. The molecule has 4 rings (SSSR count). The third-order valence-corrected chi connectivity index (χ3v) is 6.81. The molecule has 5 N–H and O–H groups in total. The second kappa shape index (κ2) is 8.45. The molecule has 31 heavy (non-hydrogen) atoms. The number of halogens is 5. The van der Waals surface area contributed by atoms with Gasteiger partial charge in [0, 0.05) is 6.42 Å². The van der Waals surface area contributed by atoms with Crippen LogP contribution in [0.25, 0.3) is 11.2 Å². The van der Waals surface area contributed by atoms with Crippen LogP contribution < -0.4 is 16.0 Å². The van der Waals surface area contributed by atoms with Gasteiger partial charge < -0.3 is 25.4 Å². The van der Waals surface area contributed by atoms with Crippen molar-refractivity contribution in [3.8, 4) is 11.8 Å². The van der Waals surface area contributed by atoms with Crippen molar-refractivity contribution in [1.82, 2.24) is 19.5 Å². The Morgan fingerprint density at radius 1 is 1.13 bits per heavy atom. The number of anilines is 1. The molecule has 0 amide bonds. The van der Waals surface area contributed by atoms with Crippen molar-refractivity contribution in [2.24, 2.45) is 0 Å². The molecule has 0 aliphatic carbocycles. The number of benzene rings is 1. The molecule has 10 nitrogen and oxygen atoms in total. The molecule has 3 atom stereocenters. The standard InChI is InChI=1S/C16H12Cl5N5O5/c17-6-7(18)9(20)12(10(21)8(6)19)31-16-23-11-13(24-15(22)25-14(11)29)26(16)5-1-3(28)4(2-27)30-5/h3-5,27-28H,1-2H2,(H3,22,24,25,29)/t3-,4+,5+/m0/s1. The number of rotatable bonds is 4. The van der Waals surface area contributed by atoms with Crippen LogP contribution in [0.15, 0.2) is 4.79 Å². The van der Waals surface area contributed by atoms with E-state index in [0.29, 0.717) is 0 Å². The van der Waals surface area contributed by atoms with Gasteiger partial charge in [-0.05, 0) is 0 Å². The van der Waals surface area contributed by atoms with Crippen LogP contribution in [-0.4, -0.2) is 48.5 Å². The number of hydrogen-bond acceptors (Lipinski definition) is 8. The van der Waals surface area contributed by atoms with E-state index in [1.54, 1.807) is 0 Å². The number of aliphatic hydroxyl groups is 2. The maximum absolute atomic E-state index is 12.4. The van der Waals surface area contributed by atoms with Crippen molar-refractivity contribution in [2.45, 2.75) is 24.9 Å². The first kappa shape index (κ1) is 22.7. The summed E-state index contributed by atoms with van der Waals surface area (Å²) in [5.74, 6) is -0.364. The smallest absolute Gasteiger partial charge is 0.306 e. The SMILES string of the molecule is Nc1nc2c(nc(Oc3c(Cl)c(Cl)c(Cl)c(Cl)c3Cl)n2[C@H]2C[C@H](O)[C@@H](CO)O2)c(=O)[nH]1. The van der Waals surface area contributed by atoms with E-state index in [1.165, 1.54) is 4.57 Å². The first-order chi connectivity index (χ1) is 14.6. The Bertz CT molecular complexity index is 1220. The Morgan fingerprint density at radius 3 is 2.32 bits per heavy atom. The summed E-state index contributed by atoms with van der Waals surface area (Å²) in [5, 5.41) is 19.0. The van der Waals surface area contributed by atoms with E-state index in [-0.39, 0.29) is 60.4 Å². The van der Waals surface area contributed by atoms with Crippen LogP contribution in [0.5, 0.6) is 11.8 Å². The highest BCUT2D eigenvalue weighted by atomic mass is 35.5. The van der Waals surface area contributed by atoms with Gasteiger partial charge in [0.15, 0.2) is 16.9 Å². The van der Waals surface area contributed by atoms with E-state index >= 15 is 0 Å². The minimum Gasteiger partial charge on any atom is -0.422 e. The van der Waals surface area contributed by atoms with Crippen LogP contribution in [-0.2, 0) is 4.74 Å². The van der Waals surface area contributed by atoms with Crippen LogP contribution in [0.3, 0.4) is 0 Å². The number of nitrogens with one attached hydrogen (secondary N) is 1. The van der Waals surface area contributed by atoms with Crippen LogP contribution in [0.4, 0.5) is 5.95 Å². The molecule has 3 aromatic rings. The minimum absolute atomic E-state index is 0.00504. The van der Waals surface area contributed by atoms with Crippen molar-refractivity contribution < 1.29 is 19.7 Å². The van der Waals surface area contributed by atoms with Crippen molar-refractivity contribution in [3.05, 3.63) is 35.5 Å². The van der Waals surface area contributed by atoms with Gasteiger partial charge in [-0.2, -0.15) is 9.97 Å². The molecule has 15 heteroatoms. The molecule has 1 aliphatic heterocycles. The lowest BCUT2D eigenvalue weighted by Crippen LogP contribution is -2.24. The summed E-state index contributed by atoms with van der Waals surface area (Å²) in [4.78, 5) is 22.9. The van der Waals surface area contributed by atoms with Gasteiger partial charge in [-0.25, -0.2) is 0 Å². The van der Waals surface area contributed by atoms with E-state index in [1.807, 2.05) is 0 Å². The average molecular weight is 532 g/mol. The molecule has 1 fully saturated rings. The lowest BCUT2D eigenvalue weighted by Gasteiger charge is -2.18. The molecular weight excluding hydrogens is 519 g/mol. The van der Waals surface area contributed by atoms with Gasteiger partial charge in [0.25, 0.3) is 5.56 Å². The maximum Gasteiger partial charge on any atom is 0.306 e. The number of H-pyrrole nitrogens is 1. The van der Waals surface area contributed by atoms with E-state index in [2.05, 4.69) is 15.0 Å². The summed E-state index contributed by atoms with van der Waals surface area (Å²) in [6, 6.07) is -0.229. The van der Waals surface area contributed by atoms with Crippen molar-refractivity contribution in [3.63, 3.8) is 0 Å². The molecule has 0 unspecified atom stereocenters. The third kappa shape index (κ3) is 3.81. The predicted octanol–water partition coefficient (Wildman–Crippen LogP) is 3.40. The molecule has 0 saturated carbocycles.